The summed E-state index contributed by atoms with van der Waals surface area (Å²) in [7, 11) is 0. The summed E-state index contributed by atoms with van der Waals surface area (Å²) in [5, 5.41) is 3.77. The maximum Gasteiger partial charge on any atom is 0.365 e. The third kappa shape index (κ3) is 2.49. The van der Waals surface area contributed by atoms with Crippen LogP contribution in [0.5, 0.6) is 0 Å². The molecule has 4 rings (SSSR count). The second-order valence-corrected chi connectivity index (χ2v) is 5.37. The number of furan rings is 1. The molecule has 1 aromatic heterocycles. The number of ether oxygens (including phenoxy) is 1. The SMILES string of the molecule is O=C1OC(c2ccc(F)c3occc23)=NC1=CN1CCNCC1. The highest BCUT2D eigenvalue weighted by Gasteiger charge is 2.27. The van der Waals surface area contributed by atoms with E-state index in [0.29, 0.717) is 10.9 Å². The van der Waals surface area contributed by atoms with Gasteiger partial charge in [0.15, 0.2) is 17.1 Å². The Morgan fingerprint density at radius 3 is 2.91 bits per heavy atom. The summed E-state index contributed by atoms with van der Waals surface area (Å²) in [5.74, 6) is -0.794. The van der Waals surface area contributed by atoms with Gasteiger partial charge in [-0.2, -0.15) is 0 Å². The standard InChI is InChI=1S/C16H14FN3O3/c17-12-2-1-11(10-3-8-22-14(10)12)15-19-13(16(21)23-15)9-20-6-4-18-5-7-20/h1-3,8-9,18H,4-7H2. The summed E-state index contributed by atoms with van der Waals surface area (Å²) < 4.78 is 24.1. The van der Waals surface area contributed by atoms with Gasteiger partial charge in [0.1, 0.15) is 0 Å². The van der Waals surface area contributed by atoms with Crippen molar-refractivity contribution < 1.29 is 18.3 Å². The smallest absolute Gasteiger partial charge is 0.365 e. The van der Waals surface area contributed by atoms with Gasteiger partial charge in [0.2, 0.25) is 5.90 Å². The molecule has 2 aromatic rings. The van der Waals surface area contributed by atoms with Crippen molar-refractivity contribution in [1.29, 1.82) is 0 Å². The number of carbonyl (C=O) groups is 1. The summed E-state index contributed by atoms with van der Waals surface area (Å²) >= 11 is 0. The molecular formula is C16H14FN3O3. The van der Waals surface area contributed by atoms with Crippen LogP contribution in [0.3, 0.4) is 0 Å². The van der Waals surface area contributed by atoms with Crippen LogP contribution in [0.4, 0.5) is 4.39 Å². The first-order valence-corrected chi connectivity index (χ1v) is 7.36. The number of esters is 1. The monoisotopic (exact) mass is 315 g/mol. The first kappa shape index (κ1) is 14.0. The van der Waals surface area contributed by atoms with Crippen LogP contribution >= 0.6 is 0 Å². The van der Waals surface area contributed by atoms with Crippen LogP contribution < -0.4 is 5.32 Å². The van der Waals surface area contributed by atoms with Crippen LogP contribution in [-0.4, -0.2) is 42.9 Å². The van der Waals surface area contributed by atoms with Crippen molar-refractivity contribution in [3.63, 3.8) is 0 Å². The molecule has 1 aromatic carbocycles. The topological polar surface area (TPSA) is 67.1 Å². The van der Waals surface area contributed by atoms with Crippen LogP contribution in [-0.2, 0) is 9.53 Å². The fourth-order valence-electron chi connectivity index (χ4n) is 2.71. The van der Waals surface area contributed by atoms with Gasteiger partial charge in [0, 0.05) is 43.3 Å². The molecule has 0 aliphatic carbocycles. The van der Waals surface area contributed by atoms with Crippen molar-refractivity contribution in [2.45, 2.75) is 0 Å². The zero-order valence-corrected chi connectivity index (χ0v) is 12.2. The predicted molar refractivity (Wildman–Crippen MR) is 81.3 cm³/mol. The zero-order valence-electron chi connectivity index (χ0n) is 12.2. The minimum atomic E-state index is -0.500. The van der Waals surface area contributed by atoms with Gasteiger partial charge in [-0.05, 0) is 18.2 Å². The van der Waals surface area contributed by atoms with Crippen molar-refractivity contribution in [3.05, 3.63) is 47.7 Å². The summed E-state index contributed by atoms with van der Waals surface area (Å²) in [6.45, 7) is 3.35. The minimum Gasteiger partial charge on any atom is -0.461 e. The molecule has 0 atom stereocenters. The number of carbonyl (C=O) groups excluding carboxylic acids is 1. The lowest BCUT2D eigenvalue weighted by molar-refractivity contribution is -0.130. The third-order valence-electron chi connectivity index (χ3n) is 3.88. The number of aliphatic imine (C=N–C) groups is 1. The molecule has 118 valence electrons. The van der Waals surface area contributed by atoms with E-state index < -0.39 is 11.8 Å². The van der Waals surface area contributed by atoms with Gasteiger partial charge in [-0.15, -0.1) is 0 Å². The quantitative estimate of drug-likeness (QED) is 0.674. The molecule has 6 nitrogen and oxygen atoms in total. The first-order valence-electron chi connectivity index (χ1n) is 7.36. The number of cyclic esters (lactones) is 1. The van der Waals surface area contributed by atoms with Crippen molar-refractivity contribution in [2.24, 2.45) is 4.99 Å². The highest BCUT2D eigenvalue weighted by Crippen LogP contribution is 2.26. The van der Waals surface area contributed by atoms with E-state index in [-0.39, 0.29) is 17.2 Å². The normalized spacial score (nSPS) is 20.2. The molecule has 23 heavy (non-hydrogen) atoms. The summed E-state index contributed by atoms with van der Waals surface area (Å²) in [4.78, 5) is 18.3. The van der Waals surface area contributed by atoms with E-state index in [1.165, 1.54) is 18.4 Å². The van der Waals surface area contributed by atoms with E-state index in [2.05, 4.69) is 10.3 Å². The Bertz CT molecular complexity index is 834. The number of fused-ring (bicyclic) bond motifs is 1. The molecule has 0 amide bonds. The fourth-order valence-corrected chi connectivity index (χ4v) is 2.71. The summed E-state index contributed by atoms with van der Waals surface area (Å²) in [6, 6.07) is 4.44. The maximum absolute atomic E-state index is 13.7. The zero-order chi connectivity index (χ0) is 15.8. The molecular weight excluding hydrogens is 301 g/mol. The highest BCUT2D eigenvalue weighted by molar-refractivity contribution is 6.15. The van der Waals surface area contributed by atoms with Gasteiger partial charge in [-0.25, -0.2) is 14.2 Å². The Balaban J connectivity index is 1.70. The Labute approximate surface area is 131 Å². The number of rotatable bonds is 2. The lowest BCUT2D eigenvalue weighted by Gasteiger charge is -2.25. The summed E-state index contributed by atoms with van der Waals surface area (Å²) in [6.07, 6.45) is 3.11. The van der Waals surface area contributed by atoms with Gasteiger partial charge in [0.05, 0.1) is 6.26 Å². The molecule has 1 saturated heterocycles. The molecule has 1 fully saturated rings. The number of benzene rings is 1. The van der Waals surface area contributed by atoms with Gasteiger partial charge < -0.3 is 19.4 Å². The van der Waals surface area contributed by atoms with Crippen molar-refractivity contribution >= 4 is 22.8 Å². The van der Waals surface area contributed by atoms with Gasteiger partial charge in [0.25, 0.3) is 0 Å². The third-order valence-corrected chi connectivity index (χ3v) is 3.88. The van der Waals surface area contributed by atoms with Crippen molar-refractivity contribution in [2.75, 3.05) is 26.2 Å². The van der Waals surface area contributed by atoms with E-state index in [9.17, 15) is 9.18 Å². The van der Waals surface area contributed by atoms with Crippen LogP contribution in [0, 0.1) is 5.82 Å². The Hall–Kier alpha value is -2.67. The molecule has 1 N–H and O–H groups in total. The molecule has 0 bridgehead atoms. The molecule has 0 saturated carbocycles. The average molecular weight is 315 g/mol. The Morgan fingerprint density at radius 1 is 1.26 bits per heavy atom. The number of nitrogens with zero attached hydrogens (tertiary/aromatic N) is 2. The van der Waals surface area contributed by atoms with Crippen molar-refractivity contribution in [1.82, 2.24) is 10.2 Å². The van der Waals surface area contributed by atoms with Gasteiger partial charge >= 0.3 is 5.97 Å². The fraction of sp³-hybridized carbons (Fsp3) is 0.250. The van der Waals surface area contributed by atoms with Gasteiger partial charge in [-0.3, -0.25) is 0 Å². The molecule has 2 aliphatic heterocycles. The molecule has 7 heteroatoms. The lowest BCUT2D eigenvalue weighted by Crippen LogP contribution is -2.40. The van der Waals surface area contributed by atoms with Crippen LogP contribution in [0.2, 0.25) is 0 Å². The predicted octanol–water partition coefficient (Wildman–Crippen LogP) is 1.62. The number of hydrogen-bond donors (Lipinski definition) is 1. The highest BCUT2D eigenvalue weighted by atomic mass is 19.1. The second-order valence-electron chi connectivity index (χ2n) is 5.37. The molecule has 0 spiro atoms. The van der Waals surface area contributed by atoms with Gasteiger partial charge in [-0.1, -0.05) is 0 Å². The molecule has 2 aliphatic rings. The lowest BCUT2D eigenvalue weighted by atomic mass is 10.1. The average Bonchev–Trinajstić information content (AvgIpc) is 3.17. The van der Waals surface area contributed by atoms with E-state index >= 15 is 0 Å². The minimum absolute atomic E-state index is 0.126. The van der Waals surface area contributed by atoms with E-state index in [1.54, 1.807) is 12.3 Å². The largest absolute Gasteiger partial charge is 0.461 e. The number of halogens is 1. The van der Waals surface area contributed by atoms with E-state index in [1.807, 2.05) is 4.90 Å². The Morgan fingerprint density at radius 2 is 2.09 bits per heavy atom. The van der Waals surface area contributed by atoms with E-state index in [0.717, 1.165) is 26.2 Å². The van der Waals surface area contributed by atoms with Crippen LogP contribution in [0.25, 0.3) is 11.0 Å². The second kappa shape index (κ2) is 5.51. The molecule has 0 unspecified atom stereocenters. The number of hydrogen-bond acceptors (Lipinski definition) is 6. The molecule has 0 radical (unpaired) electrons. The summed E-state index contributed by atoms with van der Waals surface area (Å²) in [5.41, 5.74) is 0.913. The van der Waals surface area contributed by atoms with Crippen LogP contribution in [0.15, 0.2) is 45.8 Å². The number of nitrogens with one attached hydrogen (secondary N) is 1. The first-order chi connectivity index (χ1) is 11.2. The number of piperazine rings is 1. The molecule has 3 heterocycles. The Kier molecular flexibility index (Phi) is 3.34. The van der Waals surface area contributed by atoms with Crippen LogP contribution in [0.1, 0.15) is 5.56 Å². The van der Waals surface area contributed by atoms with E-state index in [4.69, 9.17) is 9.15 Å². The maximum atomic E-state index is 13.7. The van der Waals surface area contributed by atoms with Crippen molar-refractivity contribution in [3.8, 4) is 0 Å².